The first-order valence-corrected chi connectivity index (χ1v) is 15.6. The number of rotatable bonds is 14. The van der Waals surface area contributed by atoms with Gasteiger partial charge in [-0.2, -0.15) is 0 Å². The number of H-pyrrole nitrogens is 1. The lowest BCUT2D eigenvalue weighted by molar-refractivity contribution is -0.131. The molecule has 3 aromatic rings. The molecule has 0 spiro atoms. The van der Waals surface area contributed by atoms with E-state index in [-0.39, 0.29) is 18.0 Å². The molecule has 0 fully saturated rings. The summed E-state index contributed by atoms with van der Waals surface area (Å²) in [6.07, 6.45) is 18.0. The first-order chi connectivity index (χ1) is 20.5. The fourth-order valence-corrected chi connectivity index (χ4v) is 6.70. The maximum atomic E-state index is 12.1. The zero-order valence-corrected chi connectivity index (χ0v) is 24.7. The number of hydrogen-bond acceptors (Lipinski definition) is 5. The lowest BCUT2D eigenvalue weighted by atomic mass is 9.72. The number of unbranched alkanes of at least 4 members (excludes halogenated alkanes) is 5. The van der Waals surface area contributed by atoms with Crippen molar-refractivity contribution in [1.82, 2.24) is 10.3 Å². The topological polar surface area (TPSA) is 116 Å². The van der Waals surface area contributed by atoms with Crippen molar-refractivity contribution >= 4 is 34.6 Å². The molecule has 6 N–H and O–H groups in total. The lowest BCUT2D eigenvalue weighted by Crippen LogP contribution is -2.48. The van der Waals surface area contributed by atoms with Crippen molar-refractivity contribution in [1.29, 1.82) is 0 Å². The molecule has 7 heteroatoms. The van der Waals surface area contributed by atoms with Crippen LogP contribution in [0.1, 0.15) is 81.8 Å². The maximum Gasteiger partial charge on any atom is 0.328 e. The molecular weight excluding hydrogens is 522 g/mol. The molecule has 5 rings (SSSR count). The number of hydrogen-bond donors (Lipinski definition) is 5. The molecule has 222 valence electrons. The average molecular weight is 568 g/mol. The number of guanidine groups is 1. The highest BCUT2D eigenvalue weighted by Gasteiger charge is 2.33. The molecule has 4 unspecified atom stereocenters. The van der Waals surface area contributed by atoms with Gasteiger partial charge in [0.25, 0.3) is 0 Å². The van der Waals surface area contributed by atoms with Crippen LogP contribution in [0.4, 0.5) is 5.82 Å². The first kappa shape index (κ1) is 29.5. The SMILES string of the molecule is CCCCCCCCC1c2cc3ccccc3cc2C=CC1CC(Nc1ccc[nH]1)C(=CC(=O)O)C1CCN=C(N)N1. The molecule has 1 aromatic heterocycles. The van der Waals surface area contributed by atoms with Crippen LogP contribution >= 0.6 is 0 Å². The van der Waals surface area contributed by atoms with E-state index in [2.05, 4.69) is 76.1 Å². The van der Waals surface area contributed by atoms with Gasteiger partial charge >= 0.3 is 5.97 Å². The van der Waals surface area contributed by atoms with Gasteiger partial charge in [-0.1, -0.05) is 87.9 Å². The van der Waals surface area contributed by atoms with Gasteiger partial charge in [0.2, 0.25) is 0 Å². The van der Waals surface area contributed by atoms with E-state index < -0.39 is 5.97 Å². The number of carbonyl (C=O) groups is 1. The lowest BCUT2D eigenvalue weighted by Gasteiger charge is -2.36. The number of nitrogens with zero attached hydrogens (tertiary/aromatic N) is 1. The van der Waals surface area contributed by atoms with E-state index in [4.69, 9.17) is 5.73 Å². The van der Waals surface area contributed by atoms with Crippen molar-refractivity contribution in [2.75, 3.05) is 11.9 Å². The monoisotopic (exact) mass is 567 g/mol. The minimum atomic E-state index is -0.953. The molecule has 0 radical (unpaired) electrons. The number of anilines is 1. The van der Waals surface area contributed by atoms with Crippen molar-refractivity contribution in [2.24, 2.45) is 16.6 Å². The van der Waals surface area contributed by atoms with Gasteiger partial charge in [-0.05, 0) is 76.8 Å². The van der Waals surface area contributed by atoms with Crippen LogP contribution in [0.3, 0.4) is 0 Å². The fraction of sp³-hybridized carbons (Fsp3) is 0.429. The first-order valence-electron chi connectivity index (χ1n) is 15.6. The minimum Gasteiger partial charge on any atom is -0.478 e. The van der Waals surface area contributed by atoms with Crippen LogP contribution in [0.5, 0.6) is 0 Å². The van der Waals surface area contributed by atoms with Crippen LogP contribution in [0.25, 0.3) is 16.8 Å². The van der Waals surface area contributed by atoms with Gasteiger partial charge in [0.1, 0.15) is 5.82 Å². The van der Waals surface area contributed by atoms with E-state index in [1.165, 1.54) is 66.5 Å². The normalized spacial score (nSPS) is 20.9. The van der Waals surface area contributed by atoms with E-state index in [0.717, 1.165) is 24.2 Å². The molecule has 0 saturated heterocycles. The number of nitrogens with two attached hydrogens (primary N) is 1. The second kappa shape index (κ2) is 14.3. The number of aliphatic carboxylic acids is 1. The Morgan fingerprint density at radius 3 is 2.64 bits per heavy atom. The van der Waals surface area contributed by atoms with E-state index in [1.54, 1.807) is 0 Å². The zero-order valence-electron chi connectivity index (χ0n) is 24.7. The fourth-order valence-electron chi connectivity index (χ4n) is 6.70. The van der Waals surface area contributed by atoms with Gasteiger partial charge in [0, 0.05) is 18.8 Å². The highest BCUT2D eigenvalue weighted by atomic mass is 16.4. The third-order valence-electron chi connectivity index (χ3n) is 8.81. The van der Waals surface area contributed by atoms with E-state index in [9.17, 15) is 9.90 Å². The Morgan fingerprint density at radius 2 is 1.90 bits per heavy atom. The number of carboxylic acids is 1. The Bertz CT molecular complexity index is 1420. The number of carboxylic acid groups (broad SMARTS) is 1. The summed E-state index contributed by atoms with van der Waals surface area (Å²) in [6.45, 7) is 2.83. The van der Waals surface area contributed by atoms with Crippen molar-refractivity contribution < 1.29 is 9.90 Å². The molecule has 2 aromatic carbocycles. The summed E-state index contributed by atoms with van der Waals surface area (Å²) >= 11 is 0. The van der Waals surface area contributed by atoms with E-state index in [1.807, 2.05) is 18.3 Å². The second-order valence-corrected chi connectivity index (χ2v) is 11.8. The number of allylic oxidation sites excluding steroid dienone is 1. The summed E-state index contributed by atoms with van der Waals surface area (Å²) in [4.78, 5) is 19.7. The van der Waals surface area contributed by atoms with Crippen molar-refractivity contribution in [3.8, 4) is 0 Å². The van der Waals surface area contributed by atoms with Crippen LogP contribution in [0.2, 0.25) is 0 Å². The Kier molecular flexibility index (Phi) is 10.0. The summed E-state index contributed by atoms with van der Waals surface area (Å²) in [5.41, 5.74) is 9.56. The van der Waals surface area contributed by atoms with Crippen molar-refractivity contribution in [3.05, 3.63) is 83.6 Å². The number of fused-ring (bicyclic) bond motifs is 2. The van der Waals surface area contributed by atoms with Gasteiger partial charge in [0.15, 0.2) is 5.96 Å². The second-order valence-electron chi connectivity index (χ2n) is 11.8. The molecule has 0 amide bonds. The molecule has 1 aliphatic heterocycles. The Balaban J connectivity index is 1.46. The van der Waals surface area contributed by atoms with Gasteiger partial charge < -0.3 is 26.5 Å². The predicted octanol–water partition coefficient (Wildman–Crippen LogP) is 7.20. The predicted molar refractivity (Wildman–Crippen MR) is 174 cm³/mol. The van der Waals surface area contributed by atoms with Gasteiger partial charge in [-0.15, -0.1) is 0 Å². The third kappa shape index (κ3) is 7.44. The van der Waals surface area contributed by atoms with Crippen LogP contribution in [0.15, 0.2) is 77.4 Å². The number of benzene rings is 2. The molecule has 2 heterocycles. The van der Waals surface area contributed by atoms with Crippen molar-refractivity contribution in [3.63, 3.8) is 0 Å². The Labute approximate surface area is 249 Å². The summed E-state index contributed by atoms with van der Waals surface area (Å²) in [5.74, 6) is 0.873. The van der Waals surface area contributed by atoms with Crippen molar-refractivity contribution in [2.45, 2.75) is 82.7 Å². The van der Waals surface area contributed by atoms with Gasteiger partial charge in [-0.3, -0.25) is 4.99 Å². The van der Waals surface area contributed by atoms with E-state index in [0.29, 0.717) is 24.8 Å². The molecular formula is C35H45N5O2. The zero-order chi connectivity index (χ0) is 29.3. The molecule has 0 bridgehead atoms. The smallest absolute Gasteiger partial charge is 0.328 e. The summed E-state index contributed by atoms with van der Waals surface area (Å²) < 4.78 is 0. The summed E-state index contributed by atoms with van der Waals surface area (Å²) in [7, 11) is 0. The Morgan fingerprint density at radius 1 is 1.12 bits per heavy atom. The third-order valence-corrected chi connectivity index (χ3v) is 8.81. The molecule has 42 heavy (non-hydrogen) atoms. The quantitative estimate of drug-likeness (QED) is 0.104. The van der Waals surface area contributed by atoms with Crippen LogP contribution in [-0.4, -0.2) is 40.6 Å². The maximum absolute atomic E-state index is 12.1. The average Bonchev–Trinajstić information content (AvgIpc) is 3.50. The summed E-state index contributed by atoms with van der Waals surface area (Å²) in [6, 6.07) is 16.8. The van der Waals surface area contributed by atoms with Crippen LogP contribution < -0.4 is 16.4 Å². The highest BCUT2D eigenvalue weighted by Crippen LogP contribution is 2.42. The van der Waals surface area contributed by atoms with Crippen LogP contribution in [-0.2, 0) is 4.79 Å². The number of aromatic nitrogens is 1. The van der Waals surface area contributed by atoms with Gasteiger partial charge in [-0.25, -0.2) is 4.79 Å². The van der Waals surface area contributed by atoms with Crippen LogP contribution in [0, 0.1) is 5.92 Å². The van der Waals surface area contributed by atoms with Gasteiger partial charge in [0.05, 0.1) is 12.1 Å². The Hall–Kier alpha value is -4.00. The highest BCUT2D eigenvalue weighted by molar-refractivity contribution is 5.87. The molecule has 4 atom stereocenters. The molecule has 7 nitrogen and oxygen atoms in total. The molecule has 1 aliphatic carbocycles. The standard InChI is InChI=1S/C35H45N5O2/c1-2-3-4-5-6-7-13-28-27(16-15-26-20-24-11-8-9-12-25(24)21-29(26)28)22-32(39-33-14-10-18-37-33)30(23-34(41)42)31-17-19-38-35(36)40-31/h8-12,14-16,18,20-21,23,27-28,31-32,37,39H,2-7,13,17,19,22H2,1H3,(H,41,42)(H3,36,38,40). The number of aromatic amines is 1. The summed E-state index contributed by atoms with van der Waals surface area (Å²) in [5, 5.41) is 19.4. The molecule has 0 saturated carbocycles. The number of nitrogens with one attached hydrogen (secondary N) is 3. The number of aliphatic imine (C=N–C) groups is 1. The minimum absolute atomic E-state index is 0.202. The largest absolute Gasteiger partial charge is 0.478 e. The van der Waals surface area contributed by atoms with E-state index >= 15 is 0 Å². The molecule has 2 aliphatic rings.